The second kappa shape index (κ2) is 3.31. The number of aliphatic hydroxyl groups excluding tert-OH is 1. The highest BCUT2D eigenvalue weighted by atomic mass is 35.5. The van der Waals surface area contributed by atoms with Gasteiger partial charge >= 0.3 is 5.97 Å². The summed E-state index contributed by atoms with van der Waals surface area (Å²) in [6.07, 6.45) is -1.34. The Labute approximate surface area is 89.4 Å². The predicted octanol–water partition coefficient (Wildman–Crippen LogP) is 1.85. The molecule has 1 aliphatic heterocycles. The molecule has 4 nitrogen and oxygen atoms in total. The number of benzene rings is 1. The summed E-state index contributed by atoms with van der Waals surface area (Å²) in [4.78, 5) is 11.3. The SMILES string of the molecule is O=C1OC(O)Nc2ccc(Cl)c(Cl)c21. The number of anilines is 1. The first-order valence-electron chi connectivity index (χ1n) is 3.73. The monoisotopic (exact) mass is 233 g/mol. The van der Waals surface area contributed by atoms with Gasteiger partial charge in [0.1, 0.15) is 5.56 Å². The second-order valence-corrected chi connectivity index (χ2v) is 3.47. The van der Waals surface area contributed by atoms with Crippen LogP contribution in [0.4, 0.5) is 5.69 Å². The summed E-state index contributed by atoms with van der Waals surface area (Å²) in [7, 11) is 0. The molecule has 1 unspecified atom stereocenters. The van der Waals surface area contributed by atoms with Gasteiger partial charge in [0.15, 0.2) is 0 Å². The number of aliphatic hydroxyl groups is 1. The van der Waals surface area contributed by atoms with E-state index >= 15 is 0 Å². The van der Waals surface area contributed by atoms with Crippen LogP contribution in [0.1, 0.15) is 10.4 Å². The van der Waals surface area contributed by atoms with E-state index in [-0.39, 0.29) is 15.6 Å². The molecule has 14 heavy (non-hydrogen) atoms. The molecule has 74 valence electrons. The maximum absolute atomic E-state index is 11.3. The van der Waals surface area contributed by atoms with E-state index in [1.165, 1.54) is 6.07 Å². The van der Waals surface area contributed by atoms with Crippen LogP contribution in [0.25, 0.3) is 0 Å². The number of nitrogens with one attached hydrogen (secondary N) is 1. The summed E-state index contributed by atoms with van der Waals surface area (Å²) < 4.78 is 4.51. The van der Waals surface area contributed by atoms with Crippen molar-refractivity contribution in [2.24, 2.45) is 0 Å². The van der Waals surface area contributed by atoms with Gasteiger partial charge in [0.25, 0.3) is 6.41 Å². The molecule has 2 rings (SSSR count). The molecule has 6 heteroatoms. The van der Waals surface area contributed by atoms with E-state index in [0.29, 0.717) is 5.69 Å². The molecule has 1 aliphatic rings. The van der Waals surface area contributed by atoms with Crippen molar-refractivity contribution in [3.63, 3.8) is 0 Å². The van der Waals surface area contributed by atoms with E-state index in [9.17, 15) is 4.79 Å². The van der Waals surface area contributed by atoms with E-state index in [0.717, 1.165) is 0 Å². The van der Waals surface area contributed by atoms with Crippen LogP contribution in [0.5, 0.6) is 0 Å². The standard InChI is InChI=1S/C8H5Cl2NO3/c9-3-1-2-4-5(6(3)10)7(12)14-8(13)11-4/h1-2,8,11,13H. The molecule has 2 N–H and O–H groups in total. The molecule has 0 amide bonds. The van der Waals surface area contributed by atoms with Gasteiger partial charge in [-0.05, 0) is 12.1 Å². The average molecular weight is 234 g/mol. The Morgan fingerprint density at radius 3 is 2.86 bits per heavy atom. The smallest absolute Gasteiger partial charge is 0.345 e. The number of esters is 1. The molecule has 0 aromatic heterocycles. The molecule has 0 saturated carbocycles. The lowest BCUT2D eigenvalue weighted by Gasteiger charge is -2.23. The van der Waals surface area contributed by atoms with Gasteiger partial charge in [0, 0.05) is 0 Å². The van der Waals surface area contributed by atoms with Gasteiger partial charge < -0.3 is 15.2 Å². The maximum Gasteiger partial charge on any atom is 0.345 e. The van der Waals surface area contributed by atoms with Gasteiger partial charge in [-0.25, -0.2) is 4.79 Å². The minimum Gasteiger partial charge on any atom is -0.413 e. The highest BCUT2D eigenvalue weighted by molar-refractivity contribution is 6.44. The fourth-order valence-electron chi connectivity index (χ4n) is 1.19. The first kappa shape index (κ1) is 9.58. The van der Waals surface area contributed by atoms with E-state index in [4.69, 9.17) is 28.3 Å². The molecule has 1 aromatic carbocycles. The molecular formula is C8H5Cl2NO3. The topological polar surface area (TPSA) is 58.6 Å². The Balaban J connectivity index is 2.60. The minimum absolute atomic E-state index is 0.119. The van der Waals surface area contributed by atoms with Gasteiger partial charge in [0.05, 0.1) is 15.7 Å². The zero-order chi connectivity index (χ0) is 10.3. The van der Waals surface area contributed by atoms with E-state index < -0.39 is 12.4 Å². The van der Waals surface area contributed by atoms with Crippen molar-refractivity contribution < 1.29 is 14.6 Å². The lowest BCUT2D eigenvalue weighted by Crippen LogP contribution is -2.32. The largest absolute Gasteiger partial charge is 0.413 e. The number of hydrogen-bond acceptors (Lipinski definition) is 4. The molecule has 1 aromatic rings. The van der Waals surface area contributed by atoms with Crippen LogP contribution in [-0.4, -0.2) is 17.5 Å². The highest BCUT2D eigenvalue weighted by Gasteiger charge is 2.27. The van der Waals surface area contributed by atoms with Crippen LogP contribution in [0.2, 0.25) is 10.0 Å². The first-order chi connectivity index (χ1) is 6.59. The van der Waals surface area contributed by atoms with Gasteiger partial charge in [0.2, 0.25) is 0 Å². The molecule has 1 heterocycles. The molecule has 1 atom stereocenters. The van der Waals surface area contributed by atoms with Gasteiger partial charge in [-0.1, -0.05) is 23.2 Å². The summed E-state index contributed by atoms with van der Waals surface area (Å²) >= 11 is 11.5. The maximum atomic E-state index is 11.3. The van der Waals surface area contributed by atoms with Crippen molar-refractivity contribution >= 4 is 34.9 Å². The Bertz CT molecular complexity index is 408. The number of fused-ring (bicyclic) bond motifs is 1. The summed E-state index contributed by atoms with van der Waals surface area (Å²) in [6, 6.07) is 3.08. The van der Waals surface area contributed by atoms with Gasteiger partial charge in [-0.3, -0.25) is 0 Å². The molecule has 0 radical (unpaired) electrons. The van der Waals surface area contributed by atoms with Crippen LogP contribution in [0, 0.1) is 0 Å². The minimum atomic E-state index is -1.34. The molecule has 0 fully saturated rings. The number of hydrogen-bond donors (Lipinski definition) is 2. The number of carbonyl (C=O) groups is 1. The summed E-state index contributed by atoms with van der Waals surface area (Å²) in [5, 5.41) is 12.0. The third kappa shape index (κ3) is 1.41. The Morgan fingerprint density at radius 1 is 1.43 bits per heavy atom. The van der Waals surface area contributed by atoms with Crippen molar-refractivity contribution in [1.29, 1.82) is 0 Å². The molecule has 0 saturated heterocycles. The fourth-order valence-corrected chi connectivity index (χ4v) is 1.59. The molecule has 0 bridgehead atoms. The molecule has 0 spiro atoms. The van der Waals surface area contributed by atoms with Crippen LogP contribution in [0.3, 0.4) is 0 Å². The van der Waals surface area contributed by atoms with Crippen molar-refractivity contribution in [2.45, 2.75) is 6.41 Å². The number of cyclic esters (lactones) is 1. The van der Waals surface area contributed by atoms with E-state index in [1.807, 2.05) is 0 Å². The average Bonchev–Trinajstić information content (AvgIpc) is 2.10. The van der Waals surface area contributed by atoms with Crippen molar-refractivity contribution in [2.75, 3.05) is 5.32 Å². The second-order valence-electron chi connectivity index (χ2n) is 2.69. The van der Waals surface area contributed by atoms with Crippen LogP contribution in [-0.2, 0) is 4.74 Å². The Morgan fingerprint density at radius 2 is 2.14 bits per heavy atom. The number of rotatable bonds is 0. The summed E-state index contributed by atoms with van der Waals surface area (Å²) in [5.74, 6) is -0.696. The quantitative estimate of drug-likeness (QED) is 0.672. The lowest BCUT2D eigenvalue weighted by molar-refractivity contribution is -0.0502. The fraction of sp³-hybridized carbons (Fsp3) is 0.125. The number of ether oxygens (including phenoxy) is 1. The normalized spacial score (nSPS) is 19.6. The molecule has 0 aliphatic carbocycles. The Hall–Kier alpha value is -0.970. The Kier molecular flexibility index (Phi) is 2.26. The van der Waals surface area contributed by atoms with Crippen molar-refractivity contribution in [1.82, 2.24) is 0 Å². The first-order valence-corrected chi connectivity index (χ1v) is 4.49. The van der Waals surface area contributed by atoms with E-state index in [2.05, 4.69) is 10.1 Å². The third-order valence-corrected chi connectivity index (χ3v) is 2.60. The van der Waals surface area contributed by atoms with Crippen LogP contribution in [0.15, 0.2) is 12.1 Å². The zero-order valence-corrected chi connectivity index (χ0v) is 8.26. The summed E-state index contributed by atoms with van der Waals surface area (Å²) in [6.45, 7) is 0. The van der Waals surface area contributed by atoms with Gasteiger partial charge in [-0.15, -0.1) is 0 Å². The van der Waals surface area contributed by atoms with Crippen molar-refractivity contribution in [3.8, 4) is 0 Å². The lowest BCUT2D eigenvalue weighted by atomic mass is 10.1. The number of halogens is 2. The predicted molar refractivity (Wildman–Crippen MR) is 51.5 cm³/mol. The zero-order valence-electron chi connectivity index (χ0n) is 6.75. The third-order valence-electron chi connectivity index (χ3n) is 1.80. The number of carbonyl (C=O) groups excluding carboxylic acids is 1. The van der Waals surface area contributed by atoms with Crippen LogP contribution >= 0.6 is 23.2 Å². The molecular weight excluding hydrogens is 229 g/mol. The van der Waals surface area contributed by atoms with Crippen molar-refractivity contribution in [3.05, 3.63) is 27.7 Å². The van der Waals surface area contributed by atoms with E-state index in [1.54, 1.807) is 6.07 Å². The van der Waals surface area contributed by atoms with Crippen LogP contribution < -0.4 is 5.32 Å². The highest BCUT2D eigenvalue weighted by Crippen LogP contribution is 2.34. The van der Waals surface area contributed by atoms with Gasteiger partial charge in [-0.2, -0.15) is 0 Å². The summed E-state index contributed by atoms with van der Waals surface area (Å²) in [5.41, 5.74) is 0.549.